The van der Waals surface area contributed by atoms with Crippen molar-refractivity contribution in [2.45, 2.75) is 0 Å². The number of fused-ring (bicyclic) bond motifs is 3. The second-order valence-electron chi connectivity index (χ2n) is 9.29. The van der Waals surface area contributed by atoms with Gasteiger partial charge in [-0.1, -0.05) is 97.1 Å². The third-order valence-electron chi connectivity index (χ3n) is 6.99. The van der Waals surface area contributed by atoms with Crippen LogP contribution in [0.3, 0.4) is 0 Å². The van der Waals surface area contributed by atoms with Crippen LogP contribution >= 0.6 is 11.3 Å². The minimum Gasteiger partial charge on any atom is -0.309 e. The molecule has 7 aromatic rings. The van der Waals surface area contributed by atoms with E-state index in [0.29, 0.717) is 0 Å². The number of hydrogen-bond donors (Lipinski definition) is 0. The molecule has 0 fully saturated rings. The average molecular weight is 505 g/mol. The van der Waals surface area contributed by atoms with E-state index in [2.05, 4.69) is 143 Å². The zero-order chi connectivity index (χ0) is 25.3. The van der Waals surface area contributed by atoms with Gasteiger partial charge in [0, 0.05) is 34.5 Å². The van der Waals surface area contributed by atoms with E-state index in [1.54, 1.807) is 11.3 Å². The number of thiophene rings is 1. The predicted octanol–water partition coefficient (Wildman–Crippen LogP) is 10.3. The molecule has 3 heteroatoms. The zero-order valence-corrected chi connectivity index (χ0v) is 21.5. The van der Waals surface area contributed by atoms with E-state index < -0.39 is 0 Å². The fraction of sp³-hybridized carbons (Fsp3) is 0. The Hall–Kier alpha value is -4.73. The molecule has 2 heterocycles. The summed E-state index contributed by atoms with van der Waals surface area (Å²) in [6.45, 7) is 0. The van der Waals surface area contributed by atoms with Gasteiger partial charge >= 0.3 is 0 Å². The minimum atomic E-state index is 1.13. The van der Waals surface area contributed by atoms with Crippen molar-refractivity contribution < 1.29 is 0 Å². The predicted molar refractivity (Wildman–Crippen MR) is 163 cm³/mol. The molecule has 0 saturated carbocycles. The first-order chi connectivity index (χ1) is 18.8. The Balaban J connectivity index is 1.39. The third kappa shape index (κ3) is 4.03. The SMILES string of the molecule is c1ccc(-c2ccc(N(c3ccc(-c4ccccc4)cc3)c3cccc4c3sc3cnccc34)cc2)cc1. The summed E-state index contributed by atoms with van der Waals surface area (Å²) in [6, 6.07) is 47.5. The Morgan fingerprint density at radius 1 is 0.474 bits per heavy atom. The molecule has 0 spiro atoms. The van der Waals surface area contributed by atoms with Gasteiger partial charge in [0.05, 0.1) is 15.1 Å². The van der Waals surface area contributed by atoms with Gasteiger partial charge in [-0.15, -0.1) is 11.3 Å². The molecule has 0 aliphatic carbocycles. The Labute approximate surface area is 226 Å². The summed E-state index contributed by atoms with van der Waals surface area (Å²) >= 11 is 1.80. The van der Waals surface area contributed by atoms with Gasteiger partial charge in [0.2, 0.25) is 0 Å². The van der Waals surface area contributed by atoms with Crippen molar-refractivity contribution >= 4 is 48.6 Å². The highest BCUT2D eigenvalue weighted by molar-refractivity contribution is 7.26. The van der Waals surface area contributed by atoms with Crippen LogP contribution in [0.2, 0.25) is 0 Å². The topological polar surface area (TPSA) is 16.1 Å². The summed E-state index contributed by atoms with van der Waals surface area (Å²) in [4.78, 5) is 6.74. The first kappa shape index (κ1) is 22.5. The Morgan fingerprint density at radius 3 is 1.61 bits per heavy atom. The molecule has 180 valence electrons. The van der Waals surface area contributed by atoms with Crippen molar-refractivity contribution in [1.29, 1.82) is 0 Å². The minimum absolute atomic E-state index is 1.13. The molecule has 2 nitrogen and oxygen atoms in total. The van der Waals surface area contributed by atoms with Crippen LogP contribution in [0, 0.1) is 0 Å². The molecular weight excluding hydrogens is 480 g/mol. The van der Waals surface area contributed by atoms with E-state index in [1.165, 1.54) is 48.1 Å². The maximum Gasteiger partial charge on any atom is 0.0640 e. The molecule has 38 heavy (non-hydrogen) atoms. The average Bonchev–Trinajstić information content (AvgIpc) is 3.39. The van der Waals surface area contributed by atoms with Crippen molar-refractivity contribution in [3.05, 3.63) is 146 Å². The highest BCUT2D eigenvalue weighted by Gasteiger charge is 2.18. The molecule has 5 aromatic carbocycles. The molecule has 0 radical (unpaired) electrons. The van der Waals surface area contributed by atoms with Crippen LogP contribution in [0.15, 0.2) is 146 Å². The van der Waals surface area contributed by atoms with Crippen LogP contribution in [-0.4, -0.2) is 4.98 Å². The van der Waals surface area contributed by atoms with Crippen LogP contribution in [0.1, 0.15) is 0 Å². The van der Waals surface area contributed by atoms with Crippen molar-refractivity contribution in [1.82, 2.24) is 4.98 Å². The molecule has 0 amide bonds. The van der Waals surface area contributed by atoms with Gasteiger partial charge in [-0.3, -0.25) is 4.98 Å². The monoisotopic (exact) mass is 504 g/mol. The van der Waals surface area contributed by atoms with Gasteiger partial charge in [0.25, 0.3) is 0 Å². The maximum atomic E-state index is 4.37. The first-order valence-corrected chi connectivity index (χ1v) is 13.5. The summed E-state index contributed by atoms with van der Waals surface area (Å²) in [5.74, 6) is 0. The lowest BCUT2D eigenvalue weighted by atomic mass is 10.0. The van der Waals surface area contributed by atoms with Gasteiger partial charge in [-0.05, 0) is 58.7 Å². The molecule has 7 rings (SSSR count). The molecule has 2 aromatic heterocycles. The maximum absolute atomic E-state index is 4.37. The van der Waals surface area contributed by atoms with Crippen molar-refractivity contribution in [2.75, 3.05) is 4.90 Å². The summed E-state index contributed by atoms with van der Waals surface area (Å²) in [7, 11) is 0. The van der Waals surface area contributed by atoms with Gasteiger partial charge in [-0.25, -0.2) is 0 Å². The molecule has 0 N–H and O–H groups in total. The Morgan fingerprint density at radius 2 is 1.03 bits per heavy atom. The second-order valence-corrected chi connectivity index (χ2v) is 10.3. The number of benzene rings is 5. The van der Waals surface area contributed by atoms with Crippen molar-refractivity contribution in [2.24, 2.45) is 0 Å². The highest BCUT2D eigenvalue weighted by atomic mass is 32.1. The molecular formula is C35H24N2S. The van der Waals surface area contributed by atoms with Crippen molar-refractivity contribution in [3.8, 4) is 22.3 Å². The summed E-state index contributed by atoms with van der Waals surface area (Å²) in [5, 5.41) is 2.51. The number of pyridine rings is 1. The Kier molecular flexibility index (Phi) is 5.69. The lowest BCUT2D eigenvalue weighted by Crippen LogP contribution is -2.10. The smallest absolute Gasteiger partial charge is 0.0640 e. The number of rotatable bonds is 5. The quantitative estimate of drug-likeness (QED) is 0.232. The standard InChI is InChI=1S/C35H24N2S/c1-3-8-25(9-4-1)27-14-18-29(19-15-27)37(30-20-16-28(17-21-30)26-10-5-2-6-11-26)33-13-7-12-32-31-22-23-36-24-34(31)38-35(32)33/h1-24H. The van der Waals surface area contributed by atoms with Gasteiger partial charge in [0.15, 0.2) is 0 Å². The number of hydrogen-bond acceptors (Lipinski definition) is 3. The van der Waals surface area contributed by atoms with Crippen LogP contribution in [0.5, 0.6) is 0 Å². The summed E-state index contributed by atoms with van der Waals surface area (Å²) in [6.07, 6.45) is 3.85. The van der Waals surface area contributed by atoms with E-state index in [-0.39, 0.29) is 0 Å². The zero-order valence-electron chi connectivity index (χ0n) is 20.7. The van der Waals surface area contributed by atoms with Gasteiger partial charge < -0.3 is 4.90 Å². The molecule has 0 saturated heterocycles. The van der Waals surface area contributed by atoms with E-state index in [4.69, 9.17) is 0 Å². The van der Waals surface area contributed by atoms with E-state index in [9.17, 15) is 0 Å². The van der Waals surface area contributed by atoms with E-state index in [1.807, 2.05) is 12.4 Å². The highest BCUT2D eigenvalue weighted by Crippen LogP contribution is 2.44. The molecule has 0 bridgehead atoms. The largest absolute Gasteiger partial charge is 0.309 e. The molecule has 0 atom stereocenters. The van der Waals surface area contributed by atoms with Gasteiger partial charge in [0.1, 0.15) is 0 Å². The van der Waals surface area contributed by atoms with E-state index >= 15 is 0 Å². The fourth-order valence-corrected chi connectivity index (χ4v) is 6.28. The van der Waals surface area contributed by atoms with Crippen LogP contribution in [0.25, 0.3) is 42.4 Å². The molecule has 0 aliphatic heterocycles. The Bertz CT molecular complexity index is 1760. The number of aromatic nitrogens is 1. The lowest BCUT2D eigenvalue weighted by molar-refractivity contribution is 1.30. The van der Waals surface area contributed by atoms with Crippen LogP contribution < -0.4 is 4.90 Å². The summed E-state index contributed by atoms with van der Waals surface area (Å²) in [5.41, 5.74) is 8.28. The third-order valence-corrected chi connectivity index (χ3v) is 8.17. The fourth-order valence-electron chi connectivity index (χ4n) is 5.11. The number of anilines is 3. The number of nitrogens with zero attached hydrogens (tertiary/aromatic N) is 2. The summed E-state index contributed by atoms with van der Waals surface area (Å²) < 4.78 is 2.46. The van der Waals surface area contributed by atoms with Gasteiger partial charge in [-0.2, -0.15) is 0 Å². The van der Waals surface area contributed by atoms with E-state index in [0.717, 1.165) is 11.4 Å². The van der Waals surface area contributed by atoms with Crippen LogP contribution in [0.4, 0.5) is 17.1 Å². The first-order valence-electron chi connectivity index (χ1n) is 12.7. The lowest BCUT2D eigenvalue weighted by Gasteiger charge is -2.26. The van der Waals surface area contributed by atoms with Crippen LogP contribution in [-0.2, 0) is 0 Å². The normalized spacial score (nSPS) is 11.2. The second kappa shape index (κ2) is 9.62. The molecule has 0 unspecified atom stereocenters. The van der Waals surface area contributed by atoms with Crippen molar-refractivity contribution in [3.63, 3.8) is 0 Å². The molecule has 0 aliphatic rings.